The van der Waals surface area contributed by atoms with Crippen LogP contribution in [-0.4, -0.2) is 28.4 Å². The molecule has 1 saturated heterocycles. The number of carbonyl (C=O) groups is 2. The molecule has 132 valence electrons. The Morgan fingerprint density at radius 1 is 1.23 bits per heavy atom. The topological polar surface area (TPSA) is 82.9 Å². The molecule has 0 aliphatic carbocycles. The highest BCUT2D eigenvalue weighted by Crippen LogP contribution is 2.23. The number of halogens is 1. The molecule has 2 amide bonds. The van der Waals surface area contributed by atoms with Crippen molar-refractivity contribution in [1.29, 1.82) is 0 Å². The van der Waals surface area contributed by atoms with Crippen molar-refractivity contribution < 1.29 is 9.59 Å². The Kier molecular flexibility index (Phi) is 6.19. The lowest BCUT2D eigenvalue weighted by Gasteiger charge is -2.07. The van der Waals surface area contributed by atoms with Crippen molar-refractivity contribution >= 4 is 56.6 Å². The van der Waals surface area contributed by atoms with Gasteiger partial charge in [0.1, 0.15) is 5.25 Å². The van der Waals surface area contributed by atoms with Gasteiger partial charge in [-0.1, -0.05) is 64.1 Å². The Hall–Kier alpha value is -2.45. The highest BCUT2D eigenvalue weighted by molar-refractivity contribution is 9.10. The quantitative estimate of drug-likeness (QED) is 0.563. The van der Waals surface area contributed by atoms with E-state index < -0.39 is 5.25 Å². The summed E-state index contributed by atoms with van der Waals surface area (Å²) < 4.78 is 0.869. The molecular weight excluding hydrogens is 416 g/mol. The number of nitrogens with zero attached hydrogens (tertiary/aromatic N) is 2. The molecule has 2 aromatic rings. The molecule has 26 heavy (non-hydrogen) atoms. The van der Waals surface area contributed by atoms with E-state index in [1.165, 1.54) is 11.8 Å². The van der Waals surface area contributed by atoms with Crippen LogP contribution in [0.15, 0.2) is 69.3 Å². The van der Waals surface area contributed by atoms with Crippen LogP contribution >= 0.6 is 27.7 Å². The number of benzene rings is 2. The van der Waals surface area contributed by atoms with Gasteiger partial charge in [0.25, 0.3) is 0 Å². The monoisotopic (exact) mass is 430 g/mol. The molecule has 1 aliphatic heterocycles. The fraction of sp³-hybridized carbons (Fsp3) is 0.111. The van der Waals surface area contributed by atoms with Crippen molar-refractivity contribution in [3.8, 4) is 0 Å². The van der Waals surface area contributed by atoms with Crippen LogP contribution in [-0.2, 0) is 9.59 Å². The largest absolute Gasteiger partial charge is 0.326 e. The van der Waals surface area contributed by atoms with Crippen molar-refractivity contribution in [2.24, 2.45) is 10.2 Å². The Labute approximate surface area is 163 Å². The van der Waals surface area contributed by atoms with Crippen LogP contribution in [0.4, 0.5) is 5.69 Å². The molecule has 0 aromatic heterocycles. The van der Waals surface area contributed by atoms with Gasteiger partial charge in [-0.2, -0.15) is 5.10 Å². The number of thioether (sulfide) groups is 1. The Morgan fingerprint density at radius 3 is 2.81 bits per heavy atom. The Balaban J connectivity index is 1.55. The van der Waals surface area contributed by atoms with Gasteiger partial charge in [-0.25, -0.2) is 0 Å². The van der Waals surface area contributed by atoms with Gasteiger partial charge in [0.15, 0.2) is 5.17 Å². The first-order chi connectivity index (χ1) is 12.6. The summed E-state index contributed by atoms with van der Waals surface area (Å²) in [5.74, 6) is -0.474. The maximum Gasteiger partial charge on any atom is 0.240 e. The van der Waals surface area contributed by atoms with Gasteiger partial charge in [-0.3, -0.25) is 9.59 Å². The zero-order chi connectivity index (χ0) is 18.4. The fourth-order valence-corrected chi connectivity index (χ4v) is 3.54. The third-order valence-corrected chi connectivity index (χ3v) is 4.98. The van der Waals surface area contributed by atoms with E-state index in [4.69, 9.17) is 0 Å². The second-order valence-corrected chi connectivity index (χ2v) is 7.53. The first-order valence-electron chi connectivity index (χ1n) is 7.79. The molecule has 1 fully saturated rings. The number of amides is 2. The molecule has 2 aromatic carbocycles. The number of hydrogen-bond donors (Lipinski definition) is 2. The molecule has 0 unspecified atom stereocenters. The van der Waals surface area contributed by atoms with Crippen LogP contribution in [0.25, 0.3) is 0 Å². The number of carbonyl (C=O) groups excluding carboxylic acids is 2. The second kappa shape index (κ2) is 8.77. The van der Waals surface area contributed by atoms with Gasteiger partial charge in [-0.05, 0) is 23.8 Å². The predicted molar refractivity (Wildman–Crippen MR) is 108 cm³/mol. The van der Waals surface area contributed by atoms with Crippen LogP contribution in [0.5, 0.6) is 0 Å². The number of rotatable bonds is 5. The molecule has 8 heteroatoms. The summed E-state index contributed by atoms with van der Waals surface area (Å²) in [6.07, 6.45) is 1.66. The molecule has 0 radical (unpaired) electrons. The smallest absolute Gasteiger partial charge is 0.240 e. The van der Waals surface area contributed by atoms with Crippen LogP contribution in [0, 0.1) is 0 Å². The van der Waals surface area contributed by atoms with Crippen molar-refractivity contribution in [2.75, 3.05) is 5.32 Å². The lowest BCUT2D eigenvalue weighted by Crippen LogP contribution is -2.28. The molecule has 0 bridgehead atoms. The van der Waals surface area contributed by atoms with Crippen LogP contribution in [0.3, 0.4) is 0 Å². The lowest BCUT2D eigenvalue weighted by molar-refractivity contribution is -0.122. The normalized spacial score (nSPS) is 18.3. The average molecular weight is 431 g/mol. The first-order valence-corrected chi connectivity index (χ1v) is 9.46. The van der Waals surface area contributed by atoms with Crippen LogP contribution in [0.1, 0.15) is 12.0 Å². The Morgan fingerprint density at radius 2 is 2.04 bits per heavy atom. The SMILES string of the molecule is O=C(C[C@H]1S/C(=N/N=C\c2ccccc2)NC1=O)Nc1cccc(Br)c1. The van der Waals surface area contributed by atoms with Crippen molar-refractivity contribution in [3.05, 3.63) is 64.6 Å². The van der Waals surface area contributed by atoms with Gasteiger partial charge >= 0.3 is 0 Å². The highest BCUT2D eigenvalue weighted by Gasteiger charge is 2.32. The van der Waals surface area contributed by atoms with Crippen molar-refractivity contribution in [1.82, 2.24) is 5.32 Å². The van der Waals surface area contributed by atoms with E-state index in [1.54, 1.807) is 18.3 Å². The van der Waals surface area contributed by atoms with Crippen LogP contribution in [0.2, 0.25) is 0 Å². The summed E-state index contributed by atoms with van der Waals surface area (Å²) in [4.78, 5) is 24.1. The first kappa shape index (κ1) is 18.3. The maximum absolute atomic E-state index is 12.1. The summed E-state index contributed by atoms with van der Waals surface area (Å²) in [7, 11) is 0. The minimum Gasteiger partial charge on any atom is -0.326 e. The number of hydrogen-bond acceptors (Lipinski definition) is 5. The fourth-order valence-electron chi connectivity index (χ4n) is 2.22. The van der Waals surface area contributed by atoms with Gasteiger partial charge in [0.2, 0.25) is 11.8 Å². The van der Waals surface area contributed by atoms with Gasteiger partial charge in [0, 0.05) is 16.6 Å². The average Bonchev–Trinajstić information content (AvgIpc) is 2.95. The van der Waals surface area contributed by atoms with Crippen molar-refractivity contribution in [2.45, 2.75) is 11.7 Å². The highest BCUT2D eigenvalue weighted by atomic mass is 79.9. The van der Waals surface area contributed by atoms with E-state index in [1.807, 2.05) is 42.5 Å². The minimum absolute atomic E-state index is 0.0600. The molecule has 1 atom stereocenters. The van der Waals surface area contributed by atoms with E-state index in [9.17, 15) is 9.59 Å². The summed E-state index contributed by atoms with van der Waals surface area (Å²) in [5, 5.41) is 13.3. The van der Waals surface area contributed by atoms with E-state index in [2.05, 4.69) is 36.8 Å². The van der Waals surface area contributed by atoms with E-state index >= 15 is 0 Å². The number of nitrogens with one attached hydrogen (secondary N) is 2. The van der Waals surface area contributed by atoms with Gasteiger partial charge in [0.05, 0.1) is 6.21 Å². The third-order valence-electron chi connectivity index (χ3n) is 3.41. The predicted octanol–water partition coefficient (Wildman–Crippen LogP) is 3.40. The van der Waals surface area contributed by atoms with Gasteiger partial charge < -0.3 is 10.6 Å². The summed E-state index contributed by atoms with van der Waals surface area (Å²) in [6.45, 7) is 0. The van der Waals surface area contributed by atoms with Crippen LogP contribution < -0.4 is 10.6 Å². The third kappa shape index (κ3) is 5.27. The van der Waals surface area contributed by atoms with E-state index in [0.717, 1.165) is 10.0 Å². The zero-order valence-corrected chi connectivity index (χ0v) is 16.0. The summed E-state index contributed by atoms with van der Waals surface area (Å²) in [6, 6.07) is 16.8. The second-order valence-electron chi connectivity index (χ2n) is 5.42. The minimum atomic E-state index is -0.521. The summed E-state index contributed by atoms with van der Waals surface area (Å²) >= 11 is 4.55. The lowest BCUT2D eigenvalue weighted by atomic mass is 10.2. The number of amidine groups is 1. The van der Waals surface area contributed by atoms with E-state index in [0.29, 0.717) is 10.9 Å². The molecule has 0 spiro atoms. The molecule has 0 saturated carbocycles. The molecule has 3 rings (SSSR count). The molecular formula is C18H15BrN4O2S. The van der Waals surface area contributed by atoms with Gasteiger partial charge in [-0.15, -0.1) is 5.10 Å². The Bertz CT molecular complexity index is 871. The zero-order valence-electron chi connectivity index (χ0n) is 13.6. The van der Waals surface area contributed by atoms with Crippen molar-refractivity contribution in [3.63, 3.8) is 0 Å². The molecule has 1 heterocycles. The standard InChI is InChI=1S/C18H15BrN4O2S/c19-13-7-4-8-14(9-13)21-16(24)10-15-17(25)22-18(26-15)23-20-11-12-5-2-1-3-6-12/h1-9,11,15H,10H2,(H,21,24)(H,22,23,25)/b20-11-/t15-/m1/s1. The number of anilines is 1. The summed E-state index contributed by atoms with van der Waals surface area (Å²) in [5.41, 5.74) is 1.59. The molecule has 1 aliphatic rings. The molecule has 6 nitrogen and oxygen atoms in total. The maximum atomic E-state index is 12.1. The van der Waals surface area contributed by atoms with E-state index in [-0.39, 0.29) is 18.2 Å². The molecule has 2 N–H and O–H groups in total.